The lowest BCUT2D eigenvalue weighted by molar-refractivity contribution is -0.614. The third-order valence-corrected chi connectivity index (χ3v) is 7.85. The van der Waals surface area contributed by atoms with E-state index < -0.39 is 0 Å². The molecule has 208 valence electrons. The van der Waals surface area contributed by atoms with E-state index in [1.54, 1.807) is 30.1 Å². The Kier molecular flexibility index (Phi) is 6.92. The quantitative estimate of drug-likeness (QED) is 0.123. The van der Waals surface area contributed by atoms with Crippen LogP contribution in [0.4, 0.5) is 5.69 Å². The average molecular weight is 569 g/mol. The summed E-state index contributed by atoms with van der Waals surface area (Å²) in [6.07, 6.45) is 7.99. The molecule has 1 unspecified atom stereocenters. The maximum atomic E-state index is 13.6. The highest BCUT2D eigenvalue weighted by molar-refractivity contribution is 6.31. The summed E-state index contributed by atoms with van der Waals surface area (Å²) < 4.78 is 7.59. The predicted molar refractivity (Wildman–Crippen MR) is 156 cm³/mol. The number of hydrogen-bond donors (Lipinski definition) is 2. The number of aromatic nitrogens is 7. The molecule has 0 amide bonds. The van der Waals surface area contributed by atoms with Crippen molar-refractivity contribution in [3.05, 3.63) is 108 Å². The Morgan fingerprint density at radius 2 is 1.98 bits per heavy atom. The maximum absolute atomic E-state index is 13.6. The van der Waals surface area contributed by atoms with Crippen LogP contribution in [0.1, 0.15) is 43.6 Å². The Morgan fingerprint density at radius 3 is 2.66 bits per heavy atom. The highest BCUT2D eigenvalue weighted by Crippen LogP contribution is 2.52. The van der Waals surface area contributed by atoms with Gasteiger partial charge in [0.05, 0.1) is 24.7 Å². The van der Waals surface area contributed by atoms with E-state index in [0.29, 0.717) is 22.2 Å². The average Bonchev–Trinajstić information content (AvgIpc) is 3.36. The van der Waals surface area contributed by atoms with Gasteiger partial charge in [0, 0.05) is 27.9 Å². The zero-order valence-electron chi connectivity index (χ0n) is 22.7. The summed E-state index contributed by atoms with van der Waals surface area (Å²) in [5.74, 6) is 1.03. The maximum Gasteiger partial charge on any atom is 0.203 e. The molecule has 0 saturated heterocycles. The van der Waals surface area contributed by atoms with Gasteiger partial charge >= 0.3 is 0 Å². The summed E-state index contributed by atoms with van der Waals surface area (Å²) in [7, 11) is 1.57. The highest BCUT2D eigenvalue weighted by Gasteiger charge is 2.42. The van der Waals surface area contributed by atoms with Crippen LogP contribution in [-0.2, 0) is 4.74 Å². The van der Waals surface area contributed by atoms with Crippen LogP contribution in [0.5, 0.6) is 0 Å². The van der Waals surface area contributed by atoms with Crippen molar-refractivity contribution < 1.29 is 9.47 Å². The molecule has 1 aliphatic rings. The van der Waals surface area contributed by atoms with Crippen LogP contribution in [0.3, 0.4) is 0 Å². The third kappa shape index (κ3) is 5.64. The third-order valence-electron chi connectivity index (χ3n) is 7.62. The van der Waals surface area contributed by atoms with Crippen LogP contribution in [0, 0.1) is 10.6 Å². The summed E-state index contributed by atoms with van der Waals surface area (Å²) in [6, 6.07) is 17.1. The van der Waals surface area contributed by atoms with Gasteiger partial charge in [-0.3, -0.25) is 0 Å². The van der Waals surface area contributed by atoms with E-state index >= 15 is 0 Å². The van der Waals surface area contributed by atoms with Crippen LogP contribution in [0.25, 0.3) is 28.1 Å². The van der Waals surface area contributed by atoms with Gasteiger partial charge in [-0.2, -0.15) is 9.41 Å². The second-order valence-corrected chi connectivity index (χ2v) is 11.1. The summed E-state index contributed by atoms with van der Waals surface area (Å²) >= 11 is 6.33. The predicted octanol–water partition coefficient (Wildman–Crippen LogP) is 5.86. The Morgan fingerprint density at radius 1 is 1.20 bits per heavy atom. The fourth-order valence-electron chi connectivity index (χ4n) is 4.99. The largest absolute Gasteiger partial charge is 0.618 e. The fraction of sp³-hybridized carbons (Fsp3) is 0.233. The molecule has 0 radical (unpaired) electrons. The zero-order chi connectivity index (χ0) is 28.6. The first-order chi connectivity index (χ1) is 19.8. The molecule has 10 nitrogen and oxygen atoms in total. The Hall–Kier alpha value is -4.70. The molecule has 2 aromatic carbocycles. The molecule has 0 bridgehead atoms. The number of benzene rings is 2. The first-order valence-electron chi connectivity index (χ1n) is 13.2. The SMILES string of the molecule is C=C(Nc1ccc(-c2cnc(C(CC3(C)CC3)c3ccc(-c4cc(Cl)ccc4-n4cnnn4)c[n+]3[O-])[nH]2)cc1)OC. The lowest BCUT2D eigenvalue weighted by Gasteiger charge is -2.19. The van der Waals surface area contributed by atoms with Gasteiger partial charge in [0.25, 0.3) is 0 Å². The van der Waals surface area contributed by atoms with Crippen molar-refractivity contribution in [1.29, 1.82) is 0 Å². The van der Waals surface area contributed by atoms with Crippen molar-refractivity contribution >= 4 is 17.3 Å². The Balaban J connectivity index is 1.32. The fourth-order valence-corrected chi connectivity index (χ4v) is 5.16. The van der Waals surface area contributed by atoms with E-state index in [4.69, 9.17) is 21.3 Å². The summed E-state index contributed by atoms with van der Waals surface area (Å²) in [4.78, 5) is 8.24. The van der Waals surface area contributed by atoms with Crippen LogP contribution < -0.4 is 10.0 Å². The molecule has 2 N–H and O–H groups in total. The summed E-state index contributed by atoms with van der Waals surface area (Å²) in [5.41, 5.74) is 5.72. The van der Waals surface area contributed by atoms with Gasteiger partial charge in [0.15, 0.2) is 12.1 Å². The van der Waals surface area contributed by atoms with Crippen molar-refractivity contribution in [2.75, 3.05) is 12.4 Å². The minimum Gasteiger partial charge on any atom is -0.618 e. The molecule has 0 aliphatic heterocycles. The number of imidazole rings is 1. The van der Waals surface area contributed by atoms with Gasteiger partial charge in [-0.15, -0.1) is 5.10 Å². The number of H-pyrrole nitrogens is 1. The van der Waals surface area contributed by atoms with E-state index in [1.165, 1.54) is 6.33 Å². The molecule has 1 aliphatic carbocycles. The van der Waals surface area contributed by atoms with Crippen LogP contribution >= 0.6 is 11.6 Å². The van der Waals surface area contributed by atoms with E-state index in [-0.39, 0.29) is 11.3 Å². The standard InChI is InChI=1S/C30H29ClN8O2/c1-19(41-3)34-23-8-4-20(5-9-23)26-16-32-29(35-26)25(15-30(2)12-13-30)28-10-6-21(17-39(28)40)24-14-22(31)7-11-27(24)38-18-33-36-37-38/h4-11,14,16-18,25,34H,1,12-13,15H2,2-3H3,(H,32,35). The molecule has 6 rings (SSSR count). The zero-order valence-corrected chi connectivity index (χ0v) is 23.5. The topological polar surface area (TPSA) is 120 Å². The lowest BCUT2D eigenvalue weighted by atomic mass is 9.89. The smallest absolute Gasteiger partial charge is 0.203 e. The van der Waals surface area contributed by atoms with Gasteiger partial charge in [-0.1, -0.05) is 30.7 Å². The Bertz CT molecular complexity index is 1690. The van der Waals surface area contributed by atoms with Gasteiger partial charge in [0.1, 0.15) is 18.1 Å². The number of anilines is 1. The number of halogens is 1. The molecule has 3 aromatic heterocycles. The van der Waals surface area contributed by atoms with Crippen LogP contribution in [0.15, 0.2) is 85.8 Å². The molecule has 5 aromatic rings. The number of pyridine rings is 1. The number of tetrazole rings is 1. The highest BCUT2D eigenvalue weighted by atomic mass is 35.5. The molecular formula is C30H29ClN8O2. The number of nitrogens with zero attached hydrogens (tertiary/aromatic N) is 6. The molecule has 0 spiro atoms. The first-order valence-corrected chi connectivity index (χ1v) is 13.6. The van der Waals surface area contributed by atoms with Gasteiger partial charge < -0.3 is 20.2 Å². The monoisotopic (exact) mass is 568 g/mol. The van der Waals surface area contributed by atoms with Gasteiger partial charge in [-0.25, -0.2) is 4.98 Å². The molecule has 41 heavy (non-hydrogen) atoms. The van der Waals surface area contributed by atoms with E-state index in [1.807, 2.05) is 48.7 Å². The number of aromatic amines is 1. The number of hydrogen-bond acceptors (Lipinski definition) is 7. The van der Waals surface area contributed by atoms with E-state index in [0.717, 1.165) is 58.0 Å². The number of rotatable bonds is 10. The van der Waals surface area contributed by atoms with Gasteiger partial charge in [0.2, 0.25) is 5.69 Å². The minimum atomic E-state index is -0.202. The molecule has 1 saturated carbocycles. The normalized spacial score (nSPS) is 14.4. The summed E-state index contributed by atoms with van der Waals surface area (Å²) in [6.45, 7) is 6.05. The van der Waals surface area contributed by atoms with Crippen molar-refractivity contribution in [2.24, 2.45) is 5.41 Å². The molecule has 1 fully saturated rings. The minimum absolute atomic E-state index is 0.181. The molecule has 11 heteroatoms. The van der Waals surface area contributed by atoms with Crippen LogP contribution in [-0.4, -0.2) is 37.3 Å². The Labute approximate surface area is 242 Å². The van der Waals surface area contributed by atoms with Gasteiger partial charge in [-0.05, 0) is 83.6 Å². The van der Waals surface area contributed by atoms with Crippen molar-refractivity contribution in [1.82, 2.24) is 30.2 Å². The second-order valence-electron chi connectivity index (χ2n) is 10.7. The number of ether oxygens (including phenoxy) is 1. The van der Waals surface area contributed by atoms with Crippen molar-refractivity contribution in [3.63, 3.8) is 0 Å². The van der Waals surface area contributed by atoms with Crippen LogP contribution in [0.2, 0.25) is 5.02 Å². The second kappa shape index (κ2) is 10.7. The summed E-state index contributed by atoms with van der Waals surface area (Å²) in [5, 5.41) is 28.7. The van der Waals surface area contributed by atoms with Crippen molar-refractivity contribution in [2.45, 2.75) is 32.1 Å². The first kappa shape index (κ1) is 26.5. The molecule has 3 heterocycles. The lowest BCUT2D eigenvalue weighted by Crippen LogP contribution is -2.34. The molecule has 1 atom stereocenters. The molecular weight excluding hydrogens is 540 g/mol. The van der Waals surface area contributed by atoms with Crippen molar-refractivity contribution in [3.8, 4) is 28.1 Å². The van der Waals surface area contributed by atoms with E-state index in [2.05, 4.69) is 39.3 Å². The number of methoxy groups -OCH3 is 1. The van der Waals surface area contributed by atoms with E-state index in [9.17, 15) is 5.21 Å². The number of nitrogens with one attached hydrogen (secondary N) is 2.